The fraction of sp³-hybridized carbons (Fsp3) is 0.800. The van der Waals surface area contributed by atoms with Gasteiger partial charge in [-0.3, -0.25) is 14.5 Å². The summed E-state index contributed by atoms with van der Waals surface area (Å²) >= 11 is 0. The summed E-state index contributed by atoms with van der Waals surface area (Å²) in [6, 6.07) is 0. The van der Waals surface area contributed by atoms with E-state index < -0.39 is 11.5 Å². The highest BCUT2D eigenvalue weighted by atomic mass is 16.4. The maximum absolute atomic E-state index is 11.8. The van der Waals surface area contributed by atoms with Crippen molar-refractivity contribution in [1.82, 2.24) is 9.80 Å². The number of rotatable bonds is 3. The molecule has 1 aliphatic heterocycles. The summed E-state index contributed by atoms with van der Waals surface area (Å²) in [7, 11) is 1.78. The molecular formula is C10H18N2O3. The minimum absolute atomic E-state index is 0.0548. The van der Waals surface area contributed by atoms with Gasteiger partial charge in [-0.1, -0.05) is 0 Å². The summed E-state index contributed by atoms with van der Waals surface area (Å²) in [6.45, 7) is 5.52. The van der Waals surface area contributed by atoms with Crippen LogP contribution in [0.15, 0.2) is 0 Å². The first-order valence-corrected chi connectivity index (χ1v) is 5.08. The van der Waals surface area contributed by atoms with Gasteiger partial charge in [0.1, 0.15) is 0 Å². The Hall–Kier alpha value is -1.10. The minimum Gasteiger partial charge on any atom is -0.481 e. The summed E-state index contributed by atoms with van der Waals surface area (Å²) in [5, 5.41) is 8.61. The molecule has 5 nitrogen and oxygen atoms in total. The molecule has 0 aromatic heterocycles. The van der Waals surface area contributed by atoms with Crippen LogP contribution in [0.5, 0.6) is 0 Å². The van der Waals surface area contributed by atoms with Gasteiger partial charge in [-0.15, -0.1) is 0 Å². The summed E-state index contributed by atoms with van der Waals surface area (Å²) in [5.74, 6) is -0.767. The lowest BCUT2D eigenvalue weighted by molar-refractivity contribution is -0.149. The number of aliphatic carboxylic acids is 1. The molecule has 0 saturated carbocycles. The predicted octanol–water partition coefficient (Wildman–Crippen LogP) is 0.0137. The molecule has 1 saturated heterocycles. The maximum Gasteiger partial charge on any atom is 0.304 e. The molecule has 1 fully saturated rings. The van der Waals surface area contributed by atoms with E-state index in [-0.39, 0.29) is 12.3 Å². The first-order chi connectivity index (χ1) is 6.85. The quantitative estimate of drug-likeness (QED) is 0.719. The van der Waals surface area contributed by atoms with Crippen LogP contribution in [0.1, 0.15) is 20.3 Å². The fourth-order valence-corrected chi connectivity index (χ4v) is 1.88. The summed E-state index contributed by atoms with van der Waals surface area (Å²) in [5.41, 5.74) is -0.581. The van der Waals surface area contributed by atoms with Crippen LogP contribution in [0.4, 0.5) is 0 Å². The molecule has 0 unspecified atom stereocenters. The van der Waals surface area contributed by atoms with Crippen molar-refractivity contribution in [1.29, 1.82) is 0 Å². The van der Waals surface area contributed by atoms with Crippen LogP contribution < -0.4 is 0 Å². The van der Waals surface area contributed by atoms with Crippen LogP contribution in [0.2, 0.25) is 0 Å². The van der Waals surface area contributed by atoms with Crippen LogP contribution in [0, 0.1) is 0 Å². The Kier molecular flexibility index (Phi) is 3.34. The van der Waals surface area contributed by atoms with Gasteiger partial charge in [0, 0.05) is 26.7 Å². The molecule has 0 aromatic rings. The van der Waals surface area contributed by atoms with Crippen LogP contribution >= 0.6 is 0 Å². The van der Waals surface area contributed by atoms with Gasteiger partial charge in [-0.2, -0.15) is 0 Å². The largest absolute Gasteiger partial charge is 0.481 e. The first-order valence-electron chi connectivity index (χ1n) is 5.08. The van der Waals surface area contributed by atoms with Crippen molar-refractivity contribution < 1.29 is 14.7 Å². The van der Waals surface area contributed by atoms with E-state index in [1.165, 1.54) is 0 Å². The van der Waals surface area contributed by atoms with Gasteiger partial charge >= 0.3 is 5.97 Å². The van der Waals surface area contributed by atoms with Crippen molar-refractivity contribution in [2.24, 2.45) is 0 Å². The topological polar surface area (TPSA) is 60.9 Å². The van der Waals surface area contributed by atoms with E-state index in [2.05, 4.69) is 0 Å². The van der Waals surface area contributed by atoms with Crippen molar-refractivity contribution in [3.63, 3.8) is 0 Å². The van der Waals surface area contributed by atoms with Crippen LogP contribution in [-0.2, 0) is 9.59 Å². The molecule has 5 heteroatoms. The number of hydrogen-bond acceptors (Lipinski definition) is 3. The van der Waals surface area contributed by atoms with Crippen LogP contribution in [-0.4, -0.2) is 59.0 Å². The minimum atomic E-state index is -0.822. The predicted molar refractivity (Wildman–Crippen MR) is 55.5 cm³/mol. The number of nitrogens with zero attached hydrogens (tertiary/aromatic N) is 2. The Balaban J connectivity index is 2.65. The molecule has 15 heavy (non-hydrogen) atoms. The van der Waals surface area contributed by atoms with Gasteiger partial charge in [0.25, 0.3) is 0 Å². The number of carbonyl (C=O) groups excluding carboxylic acids is 1. The molecule has 1 N–H and O–H groups in total. The van der Waals surface area contributed by atoms with Gasteiger partial charge in [0.05, 0.1) is 12.0 Å². The van der Waals surface area contributed by atoms with E-state index in [1.807, 2.05) is 18.7 Å². The molecular weight excluding hydrogens is 196 g/mol. The van der Waals surface area contributed by atoms with Crippen molar-refractivity contribution in [2.75, 3.05) is 26.7 Å². The number of carboxylic acid groups (broad SMARTS) is 1. The molecule has 86 valence electrons. The SMILES string of the molecule is CN1CCN(CCC(=O)O)C(C)(C)C1=O. The number of piperazine rings is 1. The normalized spacial score (nSPS) is 21.8. The number of hydrogen-bond donors (Lipinski definition) is 1. The van der Waals surface area contributed by atoms with E-state index in [9.17, 15) is 9.59 Å². The zero-order valence-electron chi connectivity index (χ0n) is 9.49. The first kappa shape index (κ1) is 12.0. The highest BCUT2D eigenvalue weighted by Crippen LogP contribution is 2.21. The van der Waals surface area contributed by atoms with Gasteiger partial charge < -0.3 is 10.0 Å². The van der Waals surface area contributed by atoms with Gasteiger partial charge in [-0.05, 0) is 13.8 Å². The molecule has 0 aromatic carbocycles. The molecule has 1 rings (SSSR count). The molecule has 0 radical (unpaired) electrons. The molecule has 0 bridgehead atoms. The average Bonchev–Trinajstić information content (AvgIpc) is 2.13. The Morgan fingerprint density at radius 2 is 2.07 bits per heavy atom. The van der Waals surface area contributed by atoms with Crippen molar-refractivity contribution in [3.05, 3.63) is 0 Å². The number of likely N-dealkylation sites (N-methyl/N-ethyl adjacent to an activating group) is 1. The molecule has 1 aliphatic rings. The van der Waals surface area contributed by atoms with Crippen molar-refractivity contribution >= 4 is 11.9 Å². The summed E-state index contributed by atoms with van der Waals surface area (Å²) in [6.07, 6.45) is 0.0838. The second kappa shape index (κ2) is 4.18. The van der Waals surface area contributed by atoms with Crippen LogP contribution in [0.25, 0.3) is 0 Å². The third kappa shape index (κ3) is 2.47. The lowest BCUT2D eigenvalue weighted by atomic mass is 9.97. The van der Waals surface area contributed by atoms with E-state index in [0.717, 1.165) is 6.54 Å². The highest BCUT2D eigenvalue weighted by molar-refractivity contribution is 5.86. The molecule has 1 heterocycles. The summed E-state index contributed by atoms with van der Waals surface area (Å²) < 4.78 is 0. The van der Waals surface area contributed by atoms with Gasteiger partial charge in [0.15, 0.2) is 0 Å². The standard InChI is InChI=1S/C10H18N2O3/c1-10(2)9(15)11(3)6-7-12(10)5-4-8(13)14/h4-7H2,1-3H3,(H,13,14). The average molecular weight is 214 g/mol. The molecule has 0 spiro atoms. The van der Waals surface area contributed by atoms with Crippen molar-refractivity contribution in [2.45, 2.75) is 25.8 Å². The van der Waals surface area contributed by atoms with E-state index in [1.54, 1.807) is 11.9 Å². The monoisotopic (exact) mass is 214 g/mol. The smallest absolute Gasteiger partial charge is 0.304 e. The van der Waals surface area contributed by atoms with Gasteiger partial charge in [-0.25, -0.2) is 0 Å². The second-order valence-corrected chi connectivity index (χ2v) is 4.42. The number of carbonyl (C=O) groups is 2. The third-order valence-corrected chi connectivity index (χ3v) is 2.96. The highest BCUT2D eigenvalue weighted by Gasteiger charge is 2.40. The summed E-state index contributed by atoms with van der Waals surface area (Å²) in [4.78, 5) is 25.9. The second-order valence-electron chi connectivity index (χ2n) is 4.42. The fourth-order valence-electron chi connectivity index (χ4n) is 1.88. The number of carboxylic acids is 1. The maximum atomic E-state index is 11.8. The van der Waals surface area contributed by atoms with Crippen LogP contribution in [0.3, 0.4) is 0 Å². The Labute approximate surface area is 89.7 Å². The lowest BCUT2D eigenvalue weighted by Gasteiger charge is -2.44. The van der Waals surface area contributed by atoms with E-state index in [0.29, 0.717) is 13.1 Å². The zero-order chi connectivity index (χ0) is 11.6. The molecule has 1 amide bonds. The Morgan fingerprint density at radius 1 is 1.47 bits per heavy atom. The molecule has 0 atom stereocenters. The van der Waals surface area contributed by atoms with E-state index in [4.69, 9.17) is 5.11 Å². The molecule has 0 aliphatic carbocycles. The number of amides is 1. The van der Waals surface area contributed by atoms with Gasteiger partial charge in [0.2, 0.25) is 5.91 Å². The van der Waals surface area contributed by atoms with E-state index >= 15 is 0 Å². The third-order valence-electron chi connectivity index (χ3n) is 2.96. The van der Waals surface area contributed by atoms with Crippen molar-refractivity contribution in [3.8, 4) is 0 Å². The zero-order valence-corrected chi connectivity index (χ0v) is 9.49. The Morgan fingerprint density at radius 3 is 2.60 bits per heavy atom. The Bertz CT molecular complexity index is 276. The lowest BCUT2D eigenvalue weighted by Crippen LogP contribution is -2.62.